The summed E-state index contributed by atoms with van der Waals surface area (Å²) in [5, 5.41) is 14.3. The zero-order valence-electron chi connectivity index (χ0n) is 17.0. The van der Waals surface area contributed by atoms with Crippen LogP contribution in [0.2, 0.25) is 15.1 Å². The third-order valence-corrected chi connectivity index (χ3v) is 5.70. The second-order valence-corrected chi connectivity index (χ2v) is 8.35. The lowest BCUT2D eigenvalue weighted by atomic mass is 10.1. The third-order valence-electron chi connectivity index (χ3n) is 4.72. The molecule has 2 aromatic carbocycles. The predicted molar refractivity (Wildman–Crippen MR) is 123 cm³/mol. The van der Waals surface area contributed by atoms with Crippen LogP contribution >= 0.6 is 34.8 Å². The second-order valence-electron chi connectivity index (χ2n) is 7.13. The van der Waals surface area contributed by atoms with E-state index in [9.17, 15) is 14.3 Å². The molecule has 0 amide bonds. The molecule has 170 valence electrons. The van der Waals surface area contributed by atoms with Crippen LogP contribution in [0.25, 0.3) is 0 Å². The number of rotatable bonds is 12. The van der Waals surface area contributed by atoms with Gasteiger partial charge in [-0.15, -0.1) is 0 Å². The molecule has 0 fully saturated rings. The summed E-state index contributed by atoms with van der Waals surface area (Å²) in [6, 6.07) is 7.51. The number of carbonyl (C=O) groups is 1. The minimum absolute atomic E-state index is 0.158. The molecule has 2 aromatic rings. The molecule has 9 heteroatoms. The highest BCUT2D eigenvalue weighted by molar-refractivity contribution is 6.38. The van der Waals surface area contributed by atoms with Crippen molar-refractivity contribution < 1.29 is 19.0 Å². The first-order chi connectivity index (χ1) is 14.8. The number of benzene rings is 2. The molecule has 0 radical (unpaired) electrons. The van der Waals surface area contributed by atoms with Crippen LogP contribution in [0.5, 0.6) is 0 Å². The van der Waals surface area contributed by atoms with Crippen molar-refractivity contribution in [3.8, 4) is 0 Å². The molecule has 0 bridgehead atoms. The minimum Gasteiger partial charge on any atom is -0.465 e. The number of nitrogen functional groups attached to an aromatic ring is 1. The minimum atomic E-state index is -0.738. The molecule has 5 nitrogen and oxygen atoms in total. The van der Waals surface area contributed by atoms with E-state index >= 15 is 0 Å². The van der Waals surface area contributed by atoms with E-state index < -0.39 is 17.9 Å². The first kappa shape index (κ1) is 25.7. The zero-order valence-corrected chi connectivity index (χ0v) is 19.2. The van der Waals surface area contributed by atoms with Crippen molar-refractivity contribution in [2.45, 2.75) is 38.2 Å². The maximum absolute atomic E-state index is 13.7. The molecule has 0 spiro atoms. The number of ether oxygens (including phenoxy) is 1. The number of aliphatic hydroxyl groups is 1. The Morgan fingerprint density at radius 1 is 1.10 bits per heavy atom. The van der Waals surface area contributed by atoms with Crippen LogP contribution in [0, 0.1) is 5.82 Å². The number of nitrogens with one attached hydrogen (secondary N) is 1. The van der Waals surface area contributed by atoms with Gasteiger partial charge in [0.05, 0.1) is 34.9 Å². The Morgan fingerprint density at radius 2 is 1.77 bits per heavy atom. The fourth-order valence-electron chi connectivity index (χ4n) is 2.94. The molecule has 1 unspecified atom stereocenters. The van der Waals surface area contributed by atoms with Crippen LogP contribution < -0.4 is 11.1 Å². The number of halogens is 4. The molecule has 4 N–H and O–H groups in total. The van der Waals surface area contributed by atoms with Crippen LogP contribution in [-0.2, 0) is 16.0 Å². The summed E-state index contributed by atoms with van der Waals surface area (Å²) in [4.78, 5) is 11.8. The maximum atomic E-state index is 13.7. The Bertz CT molecular complexity index is 840. The number of esters is 1. The summed E-state index contributed by atoms with van der Waals surface area (Å²) in [5.74, 6) is -1.00. The molecule has 2 rings (SSSR count). The topological polar surface area (TPSA) is 84.6 Å². The number of hydrogen-bond donors (Lipinski definition) is 3. The second kappa shape index (κ2) is 13.1. The van der Waals surface area contributed by atoms with E-state index in [2.05, 4.69) is 5.32 Å². The molecule has 0 aliphatic rings. The summed E-state index contributed by atoms with van der Waals surface area (Å²) in [5.41, 5.74) is 6.76. The van der Waals surface area contributed by atoms with Crippen molar-refractivity contribution in [2.24, 2.45) is 0 Å². The highest BCUT2D eigenvalue weighted by atomic mass is 35.5. The van der Waals surface area contributed by atoms with Crippen LogP contribution in [0.3, 0.4) is 0 Å². The molecule has 31 heavy (non-hydrogen) atoms. The van der Waals surface area contributed by atoms with E-state index in [1.165, 1.54) is 12.1 Å². The normalized spacial score (nSPS) is 12.0. The average molecular weight is 492 g/mol. The fourth-order valence-corrected chi connectivity index (χ4v) is 3.67. The third kappa shape index (κ3) is 8.47. The van der Waals surface area contributed by atoms with Gasteiger partial charge < -0.3 is 20.9 Å². The van der Waals surface area contributed by atoms with E-state index in [1.807, 2.05) is 0 Å². The lowest BCUT2D eigenvalue weighted by Crippen LogP contribution is -2.22. The van der Waals surface area contributed by atoms with Gasteiger partial charge in [-0.3, -0.25) is 4.79 Å². The summed E-state index contributed by atoms with van der Waals surface area (Å²) >= 11 is 17.9. The van der Waals surface area contributed by atoms with Gasteiger partial charge in [0.2, 0.25) is 0 Å². The van der Waals surface area contributed by atoms with Crippen LogP contribution in [0.4, 0.5) is 10.1 Å². The Balaban J connectivity index is 1.53. The van der Waals surface area contributed by atoms with Crippen LogP contribution in [0.15, 0.2) is 30.3 Å². The molecule has 0 aromatic heterocycles. The van der Waals surface area contributed by atoms with Gasteiger partial charge in [0.25, 0.3) is 0 Å². The van der Waals surface area contributed by atoms with E-state index in [4.69, 9.17) is 45.3 Å². The van der Waals surface area contributed by atoms with Crippen molar-refractivity contribution in [3.05, 3.63) is 62.3 Å². The lowest BCUT2D eigenvalue weighted by Gasteiger charge is -2.14. The van der Waals surface area contributed by atoms with Gasteiger partial charge in [0.1, 0.15) is 5.82 Å². The number of anilines is 1. The quantitative estimate of drug-likeness (QED) is 0.212. The van der Waals surface area contributed by atoms with Gasteiger partial charge in [0, 0.05) is 17.1 Å². The summed E-state index contributed by atoms with van der Waals surface area (Å²) in [6.45, 7) is 1.39. The Labute approximate surface area is 196 Å². The van der Waals surface area contributed by atoms with E-state index in [1.54, 1.807) is 18.2 Å². The largest absolute Gasteiger partial charge is 0.465 e. The Hall–Kier alpha value is -1.57. The van der Waals surface area contributed by atoms with E-state index in [0.29, 0.717) is 27.8 Å². The van der Waals surface area contributed by atoms with E-state index in [-0.39, 0.29) is 23.6 Å². The van der Waals surface area contributed by atoms with Crippen molar-refractivity contribution in [3.63, 3.8) is 0 Å². The maximum Gasteiger partial charge on any atom is 0.310 e. The number of hydrogen-bond acceptors (Lipinski definition) is 5. The first-order valence-electron chi connectivity index (χ1n) is 10.0. The molecular formula is C22H26Cl3FN2O3. The van der Waals surface area contributed by atoms with Crippen molar-refractivity contribution in [2.75, 3.05) is 25.4 Å². The Morgan fingerprint density at radius 3 is 2.45 bits per heavy atom. The number of nitrogens with two attached hydrogens (primary N) is 1. The molecule has 0 aliphatic heterocycles. The highest BCUT2D eigenvalue weighted by Gasteiger charge is 2.13. The predicted octanol–water partition coefficient (Wildman–Crippen LogP) is 5.34. The van der Waals surface area contributed by atoms with Gasteiger partial charge in [-0.25, -0.2) is 4.39 Å². The molecule has 0 aliphatic carbocycles. The van der Waals surface area contributed by atoms with Gasteiger partial charge >= 0.3 is 5.97 Å². The lowest BCUT2D eigenvalue weighted by molar-refractivity contribution is -0.143. The van der Waals surface area contributed by atoms with Crippen molar-refractivity contribution in [1.29, 1.82) is 0 Å². The van der Waals surface area contributed by atoms with Gasteiger partial charge in [-0.2, -0.15) is 0 Å². The number of aliphatic hydroxyl groups excluding tert-OH is 1. The standard InChI is InChI=1S/C22H26Cl3FN2O3/c23-16-6-5-7-19(26)15(16)12-21(30)31-9-4-2-1-3-8-28-13-20(29)14-10-17(24)22(27)18(25)11-14/h5-7,10-11,20,28-29H,1-4,8-9,12-13,27H2. The average Bonchev–Trinajstić information content (AvgIpc) is 2.73. The fraction of sp³-hybridized carbons (Fsp3) is 0.409. The number of carbonyl (C=O) groups excluding carboxylic acids is 1. The first-order valence-corrected chi connectivity index (χ1v) is 11.1. The van der Waals surface area contributed by atoms with Gasteiger partial charge in [-0.1, -0.05) is 53.7 Å². The summed E-state index contributed by atoms with van der Waals surface area (Å²) < 4.78 is 18.8. The highest BCUT2D eigenvalue weighted by Crippen LogP contribution is 2.31. The van der Waals surface area contributed by atoms with Crippen LogP contribution in [0.1, 0.15) is 42.9 Å². The summed E-state index contributed by atoms with van der Waals surface area (Å²) in [7, 11) is 0. The molecule has 0 saturated carbocycles. The van der Waals surface area contributed by atoms with Gasteiger partial charge in [0.15, 0.2) is 0 Å². The van der Waals surface area contributed by atoms with E-state index in [0.717, 1.165) is 32.2 Å². The monoisotopic (exact) mass is 490 g/mol. The van der Waals surface area contributed by atoms with Crippen LogP contribution in [-0.4, -0.2) is 30.8 Å². The number of unbranched alkanes of at least 4 members (excludes halogenated alkanes) is 3. The molecule has 0 heterocycles. The zero-order chi connectivity index (χ0) is 22.8. The SMILES string of the molecule is Nc1c(Cl)cc(C(O)CNCCCCCCOC(=O)Cc2c(F)cccc2Cl)cc1Cl. The summed E-state index contributed by atoms with van der Waals surface area (Å²) in [6.07, 6.45) is 2.55. The van der Waals surface area contributed by atoms with Crippen molar-refractivity contribution in [1.82, 2.24) is 5.32 Å². The smallest absolute Gasteiger partial charge is 0.310 e. The molecular weight excluding hydrogens is 466 g/mol. The molecule has 1 atom stereocenters. The molecule has 0 saturated heterocycles. The van der Waals surface area contributed by atoms with Gasteiger partial charge in [-0.05, 0) is 49.2 Å². The van der Waals surface area contributed by atoms with Crippen molar-refractivity contribution >= 4 is 46.5 Å². The Kier molecular flexibility index (Phi) is 10.8.